The smallest absolute Gasteiger partial charge is 0.338 e. The van der Waals surface area contributed by atoms with E-state index in [0.29, 0.717) is 33.7 Å². The minimum absolute atomic E-state index is 0.0449. The summed E-state index contributed by atoms with van der Waals surface area (Å²) in [5, 5.41) is 2.87. The van der Waals surface area contributed by atoms with Crippen molar-refractivity contribution in [2.45, 2.75) is 33.4 Å². The van der Waals surface area contributed by atoms with Crippen LogP contribution in [0.5, 0.6) is 0 Å². The van der Waals surface area contributed by atoms with Crippen LogP contribution in [0, 0.1) is 0 Å². The lowest BCUT2D eigenvalue weighted by Gasteiger charge is -2.22. The second-order valence-corrected chi connectivity index (χ2v) is 10.9. The molecular formula is C28H28N4O4S2. The van der Waals surface area contributed by atoms with E-state index in [1.807, 2.05) is 72.5 Å². The van der Waals surface area contributed by atoms with E-state index in [9.17, 15) is 14.4 Å². The number of ether oxygens (including phenoxy) is 1. The number of amides is 1. The molecule has 5 rings (SSSR count). The largest absolute Gasteiger partial charge is 0.466 e. The predicted octanol–water partition coefficient (Wildman–Crippen LogP) is 3.29. The molecule has 1 unspecified atom stereocenters. The summed E-state index contributed by atoms with van der Waals surface area (Å²) in [6.07, 6.45) is 3.78. The molecule has 0 bridgehead atoms. The molecule has 4 heterocycles. The average Bonchev–Trinajstić information content (AvgIpc) is 3.63. The summed E-state index contributed by atoms with van der Waals surface area (Å²) >= 11 is 2.77. The van der Waals surface area contributed by atoms with Gasteiger partial charge in [-0.2, -0.15) is 0 Å². The van der Waals surface area contributed by atoms with Crippen LogP contribution in [0.3, 0.4) is 0 Å². The molecule has 1 aliphatic heterocycles. The SMILES string of the molecule is CCN(CC)C(=O)Cn1cc(C=c2sc3n(c2=O)C(c2cccs2)C(C(=O)OC)=C(C)N=3)c2ccccc21. The van der Waals surface area contributed by atoms with Crippen molar-refractivity contribution in [1.82, 2.24) is 14.0 Å². The summed E-state index contributed by atoms with van der Waals surface area (Å²) in [6, 6.07) is 11.1. The van der Waals surface area contributed by atoms with Gasteiger partial charge in [0, 0.05) is 40.6 Å². The Morgan fingerprint density at radius 3 is 2.61 bits per heavy atom. The van der Waals surface area contributed by atoms with E-state index >= 15 is 0 Å². The van der Waals surface area contributed by atoms with Crippen molar-refractivity contribution in [3.05, 3.63) is 89.4 Å². The van der Waals surface area contributed by atoms with Crippen molar-refractivity contribution < 1.29 is 14.3 Å². The lowest BCUT2D eigenvalue weighted by Crippen LogP contribution is -2.39. The zero-order valence-corrected chi connectivity index (χ0v) is 23.3. The number of rotatable bonds is 7. The Morgan fingerprint density at radius 2 is 1.92 bits per heavy atom. The number of esters is 1. The Bertz CT molecular complexity index is 1740. The molecule has 0 radical (unpaired) electrons. The molecule has 1 amide bonds. The van der Waals surface area contributed by atoms with Crippen molar-refractivity contribution in [3.8, 4) is 0 Å². The molecule has 0 saturated carbocycles. The number of nitrogens with zero attached hydrogens (tertiary/aromatic N) is 4. The van der Waals surface area contributed by atoms with Gasteiger partial charge in [0.15, 0.2) is 4.80 Å². The molecule has 8 nitrogen and oxygen atoms in total. The third-order valence-electron chi connectivity index (χ3n) is 6.77. The van der Waals surface area contributed by atoms with Crippen molar-refractivity contribution in [2.24, 2.45) is 4.99 Å². The van der Waals surface area contributed by atoms with E-state index in [1.165, 1.54) is 29.8 Å². The van der Waals surface area contributed by atoms with Gasteiger partial charge in [-0.15, -0.1) is 11.3 Å². The second kappa shape index (κ2) is 10.5. The molecule has 10 heteroatoms. The highest BCUT2D eigenvalue weighted by molar-refractivity contribution is 7.10. The number of benzene rings is 1. The Morgan fingerprint density at radius 1 is 1.16 bits per heavy atom. The van der Waals surface area contributed by atoms with Gasteiger partial charge in [0.05, 0.1) is 22.9 Å². The maximum absolute atomic E-state index is 13.8. The van der Waals surface area contributed by atoms with E-state index in [4.69, 9.17) is 4.74 Å². The van der Waals surface area contributed by atoms with Crippen molar-refractivity contribution in [2.75, 3.05) is 20.2 Å². The molecule has 0 aliphatic carbocycles. The lowest BCUT2D eigenvalue weighted by molar-refractivity contribution is -0.136. The maximum atomic E-state index is 13.8. The van der Waals surface area contributed by atoms with Gasteiger partial charge in [-0.25, -0.2) is 9.79 Å². The summed E-state index contributed by atoms with van der Waals surface area (Å²) in [5.41, 5.74) is 2.44. The number of aromatic nitrogens is 2. The Kier molecular flexibility index (Phi) is 7.18. The van der Waals surface area contributed by atoms with Gasteiger partial charge >= 0.3 is 5.97 Å². The molecule has 0 saturated heterocycles. The monoisotopic (exact) mass is 548 g/mol. The highest BCUT2D eigenvalue weighted by Crippen LogP contribution is 2.33. The van der Waals surface area contributed by atoms with Gasteiger partial charge in [0.1, 0.15) is 12.6 Å². The highest BCUT2D eigenvalue weighted by atomic mass is 32.1. The molecule has 1 atom stereocenters. The fourth-order valence-electron chi connectivity index (χ4n) is 4.89. The first-order valence-corrected chi connectivity index (χ1v) is 14.1. The van der Waals surface area contributed by atoms with Crippen LogP contribution in [0.2, 0.25) is 0 Å². The summed E-state index contributed by atoms with van der Waals surface area (Å²) in [5.74, 6) is -0.455. The quantitative estimate of drug-likeness (QED) is 0.332. The number of methoxy groups -OCH3 is 1. The van der Waals surface area contributed by atoms with Crippen molar-refractivity contribution in [1.29, 1.82) is 0 Å². The van der Waals surface area contributed by atoms with Gasteiger partial charge in [0.25, 0.3) is 5.56 Å². The first-order valence-electron chi connectivity index (χ1n) is 12.4. The molecule has 3 aromatic heterocycles. The number of hydrogen-bond acceptors (Lipinski definition) is 7. The van der Waals surface area contributed by atoms with Gasteiger partial charge in [-0.05, 0) is 44.4 Å². The van der Waals surface area contributed by atoms with Gasteiger partial charge in [0.2, 0.25) is 5.91 Å². The van der Waals surface area contributed by atoms with E-state index < -0.39 is 12.0 Å². The summed E-state index contributed by atoms with van der Waals surface area (Å²) in [4.78, 5) is 47.2. The van der Waals surface area contributed by atoms with Crippen molar-refractivity contribution >= 4 is 51.5 Å². The molecule has 0 N–H and O–H groups in total. The van der Waals surface area contributed by atoms with Crippen LogP contribution >= 0.6 is 22.7 Å². The number of hydrogen-bond donors (Lipinski definition) is 0. The van der Waals surface area contributed by atoms with Crippen LogP contribution in [0.4, 0.5) is 0 Å². The molecule has 196 valence electrons. The third-order valence-corrected chi connectivity index (χ3v) is 8.68. The molecule has 38 heavy (non-hydrogen) atoms. The third kappa shape index (κ3) is 4.43. The van der Waals surface area contributed by atoms with Crippen LogP contribution in [-0.2, 0) is 20.9 Å². The first kappa shape index (κ1) is 25.9. The molecule has 1 aromatic carbocycles. The zero-order chi connectivity index (χ0) is 27.0. The number of para-hydroxylation sites is 1. The topological polar surface area (TPSA) is 85.9 Å². The normalized spacial score (nSPS) is 15.5. The highest BCUT2D eigenvalue weighted by Gasteiger charge is 2.33. The number of allylic oxidation sites excluding steroid dienone is 1. The zero-order valence-electron chi connectivity index (χ0n) is 21.6. The summed E-state index contributed by atoms with van der Waals surface area (Å²) < 4.78 is 9.08. The molecule has 1 aliphatic rings. The van der Waals surface area contributed by atoms with Crippen LogP contribution in [-0.4, -0.2) is 46.1 Å². The van der Waals surface area contributed by atoms with E-state index in [-0.39, 0.29) is 18.0 Å². The van der Waals surface area contributed by atoms with E-state index in [1.54, 1.807) is 16.4 Å². The second-order valence-electron chi connectivity index (χ2n) is 8.88. The predicted molar refractivity (Wildman–Crippen MR) is 150 cm³/mol. The first-order chi connectivity index (χ1) is 18.4. The average molecular weight is 549 g/mol. The number of fused-ring (bicyclic) bond motifs is 2. The van der Waals surface area contributed by atoms with Gasteiger partial charge < -0.3 is 14.2 Å². The number of thiazole rings is 1. The van der Waals surface area contributed by atoms with Crippen molar-refractivity contribution in [3.63, 3.8) is 0 Å². The standard InChI is InChI=1S/C28H28N4O4S2/c1-5-30(6-2)23(33)16-31-15-18(19-10-7-8-11-20(19)31)14-22-26(34)32-25(21-12-9-13-37-21)24(27(35)36-4)17(3)29-28(32)38-22/h7-15,25H,5-6,16H2,1-4H3. The fraction of sp³-hybridized carbons (Fsp3) is 0.286. The molecular weight excluding hydrogens is 520 g/mol. The van der Waals surface area contributed by atoms with Crippen LogP contribution in [0.1, 0.15) is 37.3 Å². The minimum atomic E-state index is -0.603. The summed E-state index contributed by atoms with van der Waals surface area (Å²) in [6.45, 7) is 7.23. The summed E-state index contributed by atoms with van der Waals surface area (Å²) in [7, 11) is 1.33. The maximum Gasteiger partial charge on any atom is 0.338 e. The Balaban J connectivity index is 1.66. The van der Waals surface area contributed by atoms with Gasteiger partial charge in [-0.1, -0.05) is 35.6 Å². The van der Waals surface area contributed by atoms with Crippen LogP contribution in [0.25, 0.3) is 17.0 Å². The number of thiophene rings is 1. The molecule has 4 aromatic rings. The number of carbonyl (C=O) groups excluding carboxylic acids is 2. The van der Waals surface area contributed by atoms with E-state index in [2.05, 4.69) is 4.99 Å². The number of carbonyl (C=O) groups is 2. The Labute approximate surface area is 227 Å². The van der Waals surface area contributed by atoms with Gasteiger partial charge in [-0.3, -0.25) is 14.2 Å². The van der Waals surface area contributed by atoms with E-state index in [0.717, 1.165) is 21.3 Å². The fourth-order valence-corrected chi connectivity index (χ4v) is 6.75. The lowest BCUT2D eigenvalue weighted by atomic mass is 10.0. The van der Waals surface area contributed by atoms with Crippen LogP contribution < -0.4 is 14.9 Å². The Hall–Kier alpha value is -3.76. The van der Waals surface area contributed by atoms with Crippen LogP contribution in [0.15, 0.2) is 69.0 Å². The number of likely N-dealkylation sites (N-methyl/N-ethyl adjacent to an activating group) is 1. The molecule has 0 fully saturated rings. The minimum Gasteiger partial charge on any atom is -0.466 e. The molecule has 0 spiro atoms.